The fourth-order valence-corrected chi connectivity index (χ4v) is 3.22. The lowest BCUT2D eigenvalue weighted by atomic mass is 10.1. The van der Waals surface area contributed by atoms with Crippen LogP contribution in [-0.4, -0.2) is 29.5 Å². The van der Waals surface area contributed by atoms with Crippen LogP contribution in [0.1, 0.15) is 11.3 Å². The van der Waals surface area contributed by atoms with Crippen molar-refractivity contribution in [3.05, 3.63) is 75.7 Å². The number of rotatable bonds is 6. The summed E-state index contributed by atoms with van der Waals surface area (Å²) in [5.41, 5.74) is 1.25. The summed E-state index contributed by atoms with van der Waals surface area (Å²) in [6.45, 7) is 1.72. The Morgan fingerprint density at radius 1 is 1.10 bits per heavy atom. The lowest BCUT2D eigenvalue weighted by Crippen LogP contribution is -2.23. The number of anilines is 1. The molecule has 0 aliphatic carbocycles. The van der Waals surface area contributed by atoms with E-state index in [0.29, 0.717) is 28.4 Å². The highest BCUT2D eigenvalue weighted by molar-refractivity contribution is 6.10. The molecule has 31 heavy (non-hydrogen) atoms. The Morgan fingerprint density at radius 3 is 2.42 bits per heavy atom. The number of nitriles is 1. The van der Waals surface area contributed by atoms with Gasteiger partial charge in [-0.3, -0.25) is 14.3 Å². The van der Waals surface area contributed by atoms with E-state index in [1.54, 1.807) is 49.0 Å². The molecule has 1 aromatic heterocycles. The van der Waals surface area contributed by atoms with Crippen LogP contribution in [0.25, 0.3) is 11.8 Å². The van der Waals surface area contributed by atoms with Gasteiger partial charge in [0.05, 0.1) is 25.6 Å². The van der Waals surface area contributed by atoms with Crippen LogP contribution in [0.3, 0.4) is 0 Å². The Bertz CT molecular complexity index is 1250. The number of hydrogen-bond donors (Lipinski definition) is 1. The molecule has 1 N–H and O–H groups in total. The second-order valence-electron chi connectivity index (χ2n) is 6.64. The largest absolute Gasteiger partial charge is 0.493 e. The predicted octanol–water partition coefficient (Wildman–Crippen LogP) is 3.05. The van der Waals surface area contributed by atoms with Crippen LogP contribution in [0.4, 0.5) is 5.69 Å². The molecule has 3 aromatic rings. The molecular weight excluding hydrogens is 396 g/mol. The number of methoxy groups -OCH3 is 2. The molecule has 2 aromatic carbocycles. The van der Waals surface area contributed by atoms with Gasteiger partial charge in [0.15, 0.2) is 11.5 Å². The molecule has 0 atom stereocenters. The first-order valence-electron chi connectivity index (χ1n) is 9.41. The van der Waals surface area contributed by atoms with Gasteiger partial charge in [0.25, 0.3) is 11.5 Å². The van der Waals surface area contributed by atoms with Gasteiger partial charge in [-0.15, -0.1) is 0 Å². The predicted molar refractivity (Wildman–Crippen MR) is 118 cm³/mol. The molecule has 1 heterocycles. The number of carbonyl (C=O) groups excluding carboxylic acids is 1. The quantitative estimate of drug-likeness (QED) is 0.490. The highest BCUT2D eigenvalue weighted by Gasteiger charge is 2.20. The normalized spacial score (nSPS) is 11.0. The van der Waals surface area contributed by atoms with Crippen molar-refractivity contribution in [2.45, 2.75) is 6.92 Å². The fourth-order valence-electron chi connectivity index (χ4n) is 3.22. The van der Waals surface area contributed by atoms with Crippen LogP contribution in [0.5, 0.6) is 11.5 Å². The Hall–Kier alpha value is -4.25. The van der Waals surface area contributed by atoms with Crippen LogP contribution in [-0.2, 0) is 11.8 Å². The molecule has 0 spiro atoms. The van der Waals surface area contributed by atoms with E-state index < -0.39 is 11.5 Å². The van der Waals surface area contributed by atoms with Crippen molar-refractivity contribution in [2.75, 3.05) is 19.5 Å². The van der Waals surface area contributed by atoms with Gasteiger partial charge in [-0.05, 0) is 31.2 Å². The fraction of sp³-hybridized carbons (Fsp3) is 0.174. The molecule has 0 fully saturated rings. The summed E-state index contributed by atoms with van der Waals surface area (Å²) in [5.74, 6) is 0.171. The Labute approximate surface area is 179 Å². The summed E-state index contributed by atoms with van der Waals surface area (Å²) >= 11 is 0. The summed E-state index contributed by atoms with van der Waals surface area (Å²) in [7, 11) is 4.70. The van der Waals surface area contributed by atoms with Gasteiger partial charge in [0.1, 0.15) is 17.3 Å². The molecule has 0 saturated carbocycles. The number of carbonyl (C=O) groups is 1. The average molecular weight is 418 g/mol. The zero-order valence-electron chi connectivity index (χ0n) is 17.7. The average Bonchev–Trinajstić information content (AvgIpc) is 3.00. The van der Waals surface area contributed by atoms with Crippen molar-refractivity contribution in [2.24, 2.45) is 7.05 Å². The molecule has 0 unspecified atom stereocenters. The number of nitrogens with zero attached hydrogens (tertiary/aromatic N) is 3. The third kappa shape index (κ3) is 4.07. The summed E-state index contributed by atoms with van der Waals surface area (Å²) in [6, 6.07) is 16.1. The van der Waals surface area contributed by atoms with Gasteiger partial charge < -0.3 is 14.8 Å². The second kappa shape index (κ2) is 9.05. The first kappa shape index (κ1) is 21.5. The van der Waals surface area contributed by atoms with Crippen LogP contribution < -0.4 is 20.3 Å². The molecule has 0 aliphatic rings. The smallest absolute Gasteiger partial charge is 0.295 e. The number of amides is 1. The molecule has 0 bridgehead atoms. The van der Waals surface area contributed by atoms with Crippen LogP contribution in [0.2, 0.25) is 0 Å². The molecule has 8 heteroatoms. The molecule has 0 aliphatic heterocycles. The van der Waals surface area contributed by atoms with E-state index in [0.717, 1.165) is 0 Å². The van der Waals surface area contributed by atoms with E-state index in [1.807, 2.05) is 24.3 Å². The number of para-hydroxylation sites is 2. The van der Waals surface area contributed by atoms with E-state index in [2.05, 4.69) is 5.32 Å². The molecule has 3 rings (SSSR count). The lowest BCUT2D eigenvalue weighted by Gasteiger charge is -2.10. The second-order valence-corrected chi connectivity index (χ2v) is 6.64. The minimum absolute atomic E-state index is 0.107. The summed E-state index contributed by atoms with van der Waals surface area (Å²) < 4.78 is 13.7. The zero-order valence-corrected chi connectivity index (χ0v) is 17.7. The topological polar surface area (TPSA) is 98.3 Å². The van der Waals surface area contributed by atoms with Gasteiger partial charge >= 0.3 is 0 Å². The van der Waals surface area contributed by atoms with Crippen molar-refractivity contribution in [1.29, 1.82) is 5.26 Å². The third-order valence-corrected chi connectivity index (χ3v) is 4.89. The maximum atomic E-state index is 13.0. The summed E-state index contributed by atoms with van der Waals surface area (Å²) in [5, 5.41) is 12.2. The Morgan fingerprint density at radius 2 is 1.81 bits per heavy atom. The maximum Gasteiger partial charge on any atom is 0.295 e. The van der Waals surface area contributed by atoms with Crippen molar-refractivity contribution in [3.8, 4) is 23.3 Å². The van der Waals surface area contributed by atoms with Crippen molar-refractivity contribution in [3.63, 3.8) is 0 Å². The first-order chi connectivity index (χ1) is 14.9. The minimum Gasteiger partial charge on any atom is -0.493 e. The number of ether oxygens (including phenoxy) is 2. The number of aromatic nitrogens is 2. The van der Waals surface area contributed by atoms with E-state index in [4.69, 9.17) is 9.47 Å². The van der Waals surface area contributed by atoms with Crippen LogP contribution in [0.15, 0.2) is 58.9 Å². The standard InChI is InChI=1S/C23H22N4O4/c1-15-20(23(29)27(26(15)2)18-10-6-5-7-11-18)25-22(28)17(14-24)13-16-9-8-12-19(30-3)21(16)31-4/h5-13H,1-4H3,(H,25,28)/b17-13-. The number of hydrogen-bond acceptors (Lipinski definition) is 5. The first-order valence-corrected chi connectivity index (χ1v) is 9.41. The molecule has 0 saturated heterocycles. The van der Waals surface area contributed by atoms with E-state index in [1.165, 1.54) is 25.0 Å². The van der Waals surface area contributed by atoms with Crippen molar-refractivity contribution in [1.82, 2.24) is 9.36 Å². The molecule has 8 nitrogen and oxygen atoms in total. The SMILES string of the molecule is COc1cccc(/C=C(/C#N)C(=O)Nc2c(C)n(C)n(-c3ccccc3)c2=O)c1OC. The van der Waals surface area contributed by atoms with E-state index in [9.17, 15) is 14.9 Å². The summed E-state index contributed by atoms with van der Waals surface area (Å²) in [4.78, 5) is 25.8. The monoisotopic (exact) mass is 418 g/mol. The maximum absolute atomic E-state index is 13.0. The van der Waals surface area contributed by atoms with Crippen LogP contribution in [0, 0.1) is 18.3 Å². The third-order valence-electron chi connectivity index (χ3n) is 4.89. The van der Waals surface area contributed by atoms with Gasteiger partial charge in [-0.1, -0.05) is 30.3 Å². The van der Waals surface area contributed by atoms with Gasteiger partial charge in [-0.25, -0.2) is 4.68 Å². The molecule has 1 amide bonds. The molecule has 0 radical (unpaired) electrons. The number of nitrogens with one attached hydrogen (secondary N) is 1. The van der Waals surface area contributed by atoms with Gasteiger partial charge in [0, 0.05) is 12.6 Å². The highest BCUT2D eigenvalue weighted by atomic mass is 16.5. The van der Waals surface area contributed by atoms with E-state index >= 15 is 0 Å². The van der Waals surface area contributed by atoms with Gasteiger partial charge in [0.2, 0.25) is 0 Å². The molecule has 158 valence electrons. The van der Waals surface area contributed by atoms with E-state index in [-0.39, 0.29) is 11.3 Å². The Kier molecular flexibility index (Phi) is 6.26. The zero-order chi connectivity index (χ0) is 22.5. The lowest BCUT2D eigenvalue weighted by molar-refractivity contribution is -0.112. The van der Waals surface area contributed by atoms with Crippen LogP contribution >= 0.6 is 0 Å². The summed E-state index contributed by atoms with van der Waals surface area (Å²) in [6.07, 6.45) is 1.39. The Balaban J connectivity index is 1.99. The van der Waals surface area contributed by atoms with Gasteiger partial charge in [-0.2, -0.15) is 5.26 Å². The van der Waals surface area contributed by atoms with Crippen molar-refractivity contribution >= 4 is 17.7 Å². The molecular formula is C23H22N4O4. The number of benzene rings is 2. The highest BCUT2D eigenvalue weighted by Crippen LogP contribution is 2.32. The minimum atomic E-state index is -0.696. The van der Waals surface area contributed by atoms with Crippen molar-refractivity contribution < 1.29 is 14.3 Å².